The van der Waals surface area contributed by atoms with Gasteiger partial charge in [-0.3, -0.25) is 9.59 Å². The molecule has 0 bridgehead atoms. The molecule has 0 spiro atoms. The fraction of sp³-hybridized carbons (Fsp3) is 0.158. The lowest BCUT2D eigenvalue weighted by Crippen LogP contribution is -2.41. The summed E-state index contributed by atoms with van der Waals surface area (Å²) in [5, 5.41) is 13.6. The average molecular weight is 453 g/mol. The van der Waals surface area contributed by atoms with Gasteiger partial charge in [0.25, 0.3) is 0 Å². The zero-order valence-corrected chi connectivity index (χ0v) is 17.4. The van der Waals surface area contributed by atoms with Crippen LogP contribution in [0.4, 0.5) is 10.1 Å². The van der Waals surface area contributed by atoms with Crippen molar-refractivity contribution in [3.05, 3.63) is 63.9 Å². The number of carbonyl (C=O) groups excluding carboxylic acids is 2. The van der Waals surface area contributed by atoms with Gasteiger partial charge in [0, 0.05) is 12.1 Å². The molecule has 1 atom stereocenters. The smallest absolute Gasteiger partial charge is 0.238 e. The molecule has 1 aliphatic heterocycles. The predicted octanol–water partition coefficient (Wildman–Crippen LogP) is 4.47. The van der Waals surface area contributed by atoms with E-state index in [1.54, 1.807) is 31.2 Å². The highest BCUT2D eigenvalue weighted by atomic mass is 35.5. The molecule has 0 saturated carbocycles. The summed E-state index contributed by atoms with van der Waals surface area (Å²) >= 11 is 12.9. The molecular weight excluding hydrogens is 438 g/mol. The van der Waals surface area contributed by atoms with Crippen molar-refractivity contribution in [3.8, 4) is 0 Å². The van der Waals surface area contributed by atoms with Gasteiger partial charge in [0.05, 0.1) is 15.8 Å². The standard InChI is InChI=1S/C19H15Cl2FN4O2S/c1-10(11-2-4-12(22)5-3-11)25-26-19-24-17(27)9-16(29-19)18(28)23-13-6-7-14(20)15(21)8-13/h2-8,16H,9H2,1H3,(H,23,28)(H,24,26,27). The third kappa shape index (κ3) is 5.79. The zero-order chi connectivity index (χ0) is 21.0. The van der Waals surface area contributed by atoms with Gasteiger partial charge in [-0.2, -0.15) is 5.10 Å². The van der Waals surface area contributed by atoms with E-state index in [1.807, 2.05) is 0 Å². The maximum absolute atomic E-state index is 13.0. The molecule has 1 unspecified atom stereocenters. The molecule has 0 radical (unpaired) electrons. The number of carbonyl (C=O) groups is 2. The van der Waals surface area contributed by atoms with Crippen LogP contribution in [0.5, 0.6) is 0 Å². The Labute approximate surface area is 180 Å². The molecule has 0 aromatic heterocycles. The van der Waals surface area contributed by atoms with Crippen molar-refractivity contribution in [1.82, 2.24) is 5.32 Å². The van der Waals surface area contributed by atoms with Gasteiger partial charge in [0.2, 0.25) is 11.8 Å². The van der Waals surface area contributed by atoms with E-state index in [-0.39, 0.29) is 29.2 Å². The minimum absolute atomic E-state index is 0.00248. The molecule has 2 aromatic carbocycles. The second kappa shape index (κ2) is 9.39. The SMILES string of the molecule is CC(=N/N=C1\NC(=O)CC(C(=O)Nc2ccc(Cl)c(Cl)c2)S1)c1ccc(F)cc1. The number of amides is 2. The van der Waals surface area contributed by atoms with E-state index in [1.165, 1.54) is 18.2 Å². The lowest BCUT2D eigenvalue weighted by Gasteiger charge is -2.21. The van der Waals surface area contributed by atoms with Crippen molar-refractivity contribution >= 4 is 63.3 Å². The van der Waals surface area contributed by atoms with E-state index in [2.05, 4.69) is 20.8 Å². The molecule has 1 fully saturated rings. The summed E-state index contributed by atoms with van der Waals surface area (Å²) in [5.74, 6) is -1.06. The molecule has 6 nitrogen and oxygen atoms in total. The first-order valence-electron chi connectivity index (χ1n) is 8.42. The summed E-state index contributed by atoms with van der Waals surface area (Å²) in [5.41, 5.74) is 1.70. The van der Waals surface area contributed by atoms with Gasteiger partial charge in [-0.15, -0.1) is 5.10 Å². The Morgan fingerprint density at radius 1 is 1.21 bits per heavy atom. The number of amidine groups is 1. The van der Waals surface area contributed by atoms with Crippen LogP contribution >= 0.6 is 35.0 Å². The van der Waals surface area contributed by atoms with E-state index in [4.69, 9.17) is 23.2 Å². The third-order valence-corrected chi connectivity index (χ3v) is 5.71. The summed E-state index contributed by atoms with van der Waals surface area (Å²) in [6.45, 7) is 1.71. The highest BCUT2D eigenvalue weighted by Gasteiger charge is 2.30. The molecule has 150 valence electrons. The van der Waals surface area contributed by atoms with E-state index >= 15 is 0 Å². The van der Waals surface area contributed by atoms with Crippen LogP contribution in [0.2, 0.25) is 10.0 Å². The van der Waals surface area contributed by atoms with Crippen LogP contribution in [-0.4, -0.2) is 27.9 Å². The molecular formula is C19H15Cl2FN4O2S. The van der Waals surface area contributed by atoms with Gasteiger partial charge >= 0.3 is 0 Å². The monoisotopic (exact) mass is 452 g/mol. The largest absolute Gasteiger partial charge is 0.325 e. The van der Waals surface area contributed by atoms with Crippen LogP contribution in [0.25, 0.3) is 0 Å². The molecule has 1 heterocycles. The summed E-state index contributed by atoms with van der Waals surface area (Å²) in [4.78, 5) is 24.5. The average Bonchev–Trinajstić information content (AvgIpc) is 2.69. The Morgan fingerprint density at radius 3 is 2.62 bits per heavy atom. The van der Waals surface area contributed by atoms with Crippen LogP contribution in [0.3, 0.4) is 0 Å². The van der Waals surface area contributed by atoms with Gasteiger partial charge in [0.15, 0.2) is 5.17 Å². The molecule has 1 aliphatic rings. The van der Waals surface area contributed by atoms with Crippen molar-refractivity contribution in [2.75, 3.05) is 5.32 Å². The van der Waals surface area contributed by atoms with Gasteiger partial charge in [-0.25, -0.2) is 4.39 Å². The van der Waals surface area contributed by atoms with Crippen molar-refractivity contribution in [2.24, 2.45) is 10.2 Å². The Kier molecular flexibility index (Phi) is 6.89. The lowest BCUT2D eigenvalue weighted by atomic mass is 10.1. The molecule has 3 rings (SSSR count). The van der Waals surface area contributed by atoms with E-state index in [9.17, 15) is 14.0 Å². The topological polar surface area (TPSA) is 82.9 Å². The van der Waals surface area contributed by atoms with Crippen LogP contribution in [0, 0.1) is 5.82 Å². The van der Waals surface area contributed by atoms with Crippen molar-refractivity contribution < 1.29 is 14.0 Å². The van der Waals surface area contributed by atoms with Crippen LogP contribution < -0.4 is 10.6 Å². The number of thioether (sulfide) groups is 1. The summed E-state index contributed by atoms with van der Waals surface area (Å²) in [6, 6.07) is 10.5. The maximum atomic E-state index is 13.0. The van der Waals surface area contributed by atoms with Crippen molar-refractivity contribution in [3.63, 3.8) is 0 Å². The van der Waals surface area contributed by atoms with Crippen LogP contribution in [-0.2, 0) is 9.59 Å². The molecule has 2 aromatic rings. The quantitative estimate of drug-likeness (QED) is 0.529. The van der Waals surface area contributed by atoms with Crippen molar-refractivity contribution in [2.45, 2.75) is 18.6 Å². The van der Waals surface area contributed by atoms with Gasteiger partial charge in [-0.05, 0) is 42.8 Å². The van der Waals surface area contributed by atoms with E-state index < -0.39 is 5.25 Å². The summed E-state index contributed by atoms with van der Waals surface area (Å²) < 4.78 is 13.0. The normalized spacial score (nSPS) is 18.5. The first-order chi connectivity index (χ1) is 13.8. The molecule has 2 amide bonds. The number of halogens is 3. The van der Waals surface area contributed by atoms with Crippen molar-refractivity contribution in [1.29, 1.82) is 0 Å². The zero-order valence-electron chi connectivity index (χ0n) is 15.1. The van der Waals surface area contributed by atoms with Crippen LogP contribution in [0.15, 0.2) is 52.7 Å². The number of hydrogen-bond acceptors (Lipinski definition) is 5. The minimum atomic E-state index is -0.682. The highest BCUT2D eigenvalue weighted by molar-refractivity contribution is 8.15. The molecule has 1 saturated heterocycles. The Bertz CT molecular complexity index is 1010. The Hall–Kier alpha value is -2.42. The highest BCUT2D eigenvalue weighted by Crippen LogP contribution is 2.27. The lowest BCUT2D eigenvalue weighted by molar-refractivity contribution is -0.123. The summed E-state index contributed by atoms with van der Waals surface area (Å²) in [7, 11) is 0. The number of benzene rings is 2. The van der Waals surface area contributed by atoms with Gasteiger partial charge in [-0.1, -0.05) is 47.1 Å². The number of hydrogen-bond donors (Lipinski definition) is 2. The number of nitrogens with one attached hydrogen (secondary N) is 2. The van der Waals surface area contributed by atoms with Crippen LogP contribution in [0.1, 0.15) is 18.9 Å². The first kappa shape index (κ1) is 21.3. The minimum Gasteiger partial charge on any atom is -0.325 e. The molecule has 0 aliphatic carbocycles. The fourth-order valence-corrected chi connectivity index (χ4v) is 3.63. The van der Waals surface area contributed by atoms with Gasteiger partial charge < -0.3 is 10.6 Å². The molecule has 29 heavy (non-hydrogen) atoms. The Morgan fingerprint density at radius 2 is 1.93 bits per heavy atom. The maximum Gasteiger partial charge on any atom is 0.238 e. The van der Waals surface area contributed by atoms with E-state index in [0.717, 1.165) is 11.8 Å². The fourth-order valence-electron chi connectivity index (χ4n) is 2.41. The second-order valence-electron chi connectivity index (χ2n) is 6.07. The second-order valence-corrected chi connectivity index (χ2v) is 8.08. The van der Waals surface area contributed by atoms with E-state index in [0.29, 0.717) is 27.0 Å². The van der Waals surface area contributed by atoms with Gasteiger partial charge in [0.1, 0.15) is 11.1 Å². The number of nitrogens with zero attached hydrogens (tertiary/aromatic N) is 2. The number of rotatable bonds is 4. The molecule has 10 heteroatoms. The summed E-state index contributed by atoms with van der Waals surface area (Å²) in [6.07, 6.45) is -0.00248. The third-order valence-electron chi connectivity index (χ3n) is 3.90. The Balaban J connectivity index is 1.70. The number of anilines is 1. The predicted molar refractivity (Wildman–Crippen MR) is 115 cm³/mol. The first-order valence-corrected chi connectivity index (χ1v) is 10.1. The molecule has 2 N–H and O–H groups in total.